The van der Waals surface area contributed by atoms with Crippen molar-refractivity contribution < 1.29 is 9.53 Å². The lowest BCUT2D eigenvalue weighted by Gasteiger charge is -2.38. The molecule has 5 rings (SSSR count). The Bertz CT molecular complexity index is 1070. The van der Waals surface area contributed by atoms with Crippen molar-refractivity contribution in [3.05, 3.63) is 113 Å². The highest BCUT2D eigenvalue weighted by Crippen LogP contribution is 2.67. The van der Waals surface area contributed by atoms with Crippen LogP contribution in [-0.2, 0) is 15.1 Å². The standard InChI is InChI=1S/C26H22O2/c1-18-23(19-12-6-3-7-13-19)26(20-14-8-4-9-15-20)25(2,24(18)27)21-16-10-5-11-17-22(21)28-26/h3-17,22H,1-2H3. The van der Waals surface area contributed by atoms with Crippen LogP contribution in [0.4, 0.5) is 0 Å². The summed E-state index contributed by atoms with van der Waals surface area (Å²) in [5.74, 6) is 0.146. The molecule has 1 aliphatic heterocycles. The second kappa shape index (κ2) is 6.02. The summed E-state index contributed by atoms with van der Waals surface area (Å²) in [6.45, 7) is 4.00. The van der Waals surface area contributed by atoms with Gasteiger partial charge in [0.15, 0.2) is 5.78 Å². The molecule has 2 nitrogen and oxygen atoms in total. The van der Waals surface area contributed by atoms with Gasteiger partial charge in [-0.2, -0.15) is 0 Å². The van der Waals surface area contributed by atoms with Crippen molar-refractivity contribution in [2.24, 2.45) is 5.41 Å². The summed E-state index contributed by atoms with van der Waals surface area (Å²) >= 11 is 0. The summed E-state index contributed by atoms with van der Waals surface area (Å²) < 4.78 is 6.88. The Morgan fingerprint density at radius 3 is 2.29 bits per heavy atom. The highest BCUT2D eigenvalue weighted by Gasteiger charge is 2.70. The summed E-state index contributed by atoms with van der Waals surface area (Å²) in [6, 6.07) is 20.4. The third-order valence-electron chi connectivity index (χ3n) is 6.44. The highest BCUT2D eigenvalue weighted by molar-refractivity contribution is 6.16. The first-order valence-electron chi connectivity index (χ1n) is 9.71. The molecule has 1 fully saturated rings. The van der Waals surface area contributed by atoms with Gasteiger partial charge in [0.05, 0.1) is 5.41 Å². The normalized spacial score (nSPS) is 30.9. The van der Waals surface area contributed by atoms with Gasteiger partial charge in [-0.05, 0) is 30.5 Å². The minimum absolute atomic E-state index is 0.146. The van der Waals surface area contributed by atoms with Gasteiger partial charge in [0.2, 0.25) is 0 Å². The van der Waals surface area contributed by atoms with Gasteiger partial charge in [-0.3, -0.25) is 4.79 Å². The number of allylic oxidation sites excluding steroid dienone is 5. The van der Waals surface area contributed by atoms with Crippen molar-refractivity contribution in [3.63, 3.8) is 0 Å². The first-order chi connectivity index (χ1) is 13.6. The molecule has 0 amide bonds. The zero-order chi connectivity index (χ0) is 19.4. The summed E-state index contributed by atoms with van der Waals surface area (Å²) in [7, 11) is 0. The van der Waals surface area contributed by atoms with Crippen molar-refractivity contribution in [1.29, 1.82) is 0 Å². The molecule has 2 aromatic rings. The molecule has 0 spiro atoms. The van der Waals surface area contributed by atoms with Gasteiger partial charge in [-0.1, -0.05) is 91.0 Å². The maximum Gasteiger partial charge on any atom is 0.172 e. The van der Waals surface area contributed by atoms with E-state index in [4.69, 9.17) is 4.74 Å². The van der Waals surface area contributed by atoms with E-state index in [1.807, 2.05) is 61.5 Å². The molecule has 0 bridgehead atoms. The van der Waals surface area contributed by atoms with Crippen LogP contribution in [0.15, 0.2) is 102 Å². The van der Waals surface area contributed by atoms with E-state index in [0.717, 1.165) is 27.8 Å². The average Bonchev–Trinajstić information content (AvgIpc) is 2.94. The monoisotopic (exact) mass is 366 g/mol. The first-order valence-corrected chi connectivity index (χ1v) is 9.71. The van der Waals surface area contributed by atoms with E-state index in [-0.39, 0.29) is 11.9 Å². The second-order valence-corrected chi connectivity index (χ2v) is 7.80. The maximum atomic E-state index is 13.8. The van der Waals surface area contributed by atoms with Gasteiger partial charge in [0, 0.05) is 11.1 Å². The lowest BCUT2D eigenvalue weighted by Crippen LogP contribution is -2.42. The van der Waals surface area contributed by atoms with Crippen LogP contribution in [0, 0.1) is 5.41 Å². The van der Waals surface area contributed by atoms with Gasteiger partial charge in [0.1, 0.15) is 11.7 Å². The highest BCUT2D eigenvalue weighted by atomic mass is 16.5. The predicted molar refractivity (Wildman–Crippen MR) is 112 cm³/mol. The molecule has 3 aliphatic rings. The van der Waals surface area contributed by atoms with Crippen LogP contribution in [0.25, 0.3) is 5.57 Å². The fourth-order valence-electron chi connectivity index (χ4n) is 5.20. The molecule has 138 valence electrons. The molecule has 3 atom stereocenters. The van der Waals surface area contributed by atoms with E-state index >= 15 is 0 Å². The molecule has 2 aromatic carbocycles. The fourth-order valence-corrected chi connectivity index (χ4v) is 5.20. The molecule has 0 radical (unpaired) electrons. The van der Waals surface area contributed by atoms with Crippen molar-refractivity contribution in [3.8, 4) is 0 Å². The number of fused-ring (bicyclic) bond motifs is 3. The minimum atomic E-state index is -0.844. The van der Waals surface area contributed by atoms with Gasteiger partial charge in [-0.15, -0.1) is 0 Å². The van der Waals surface area contributed by atoms with Crippen LogP contribution in [0.1, 0.15) is 25.0 Å². The van der Waals surface area contributed by atoms with Gasteiger partial charge in [-0.25, -0.2) is 0 Å². The third-order valence-corrected chi connectivity index (χ3v) is 6.44. The van der Waals surface area contributed by atoms with Crippen molar-refractivity contribution in [2.75, 3.05) is 0 Å². The number of carbonyl (C=O) groups is 1. The average molecular weight is 366 g/mol. The molecular weight excluding hydrogens is 344 g/mol. The topological polar surface area (TPSA) is 26.3 Å². The van der Waals surface area contributed by atoms with E-state index < -0.39 is 11.0 Å². The molecular formula is C26H22O2. The number of rotatable bonds is 2. The molecule has 28 heavy (non-hydrogen) atoms. The zero-order valence-electron chi connectivity index (χ0n) is 16.1. The van der Waals surface area contributed by atoms with Crippen molar-refractivity contribution in [2.45, 2.75) is 25.6 Å². The Morgan fingerprint density at radius 1 is 0.893 bits per heavy atom. The van der Waals surface area contributed by atoms with Crippen LogP contribution in [-0.4, -0.2) is 11.9 Å². The van der Waals surface area contributed by atoms with Crippen molar-refractivity contribution in [1.82, 2.24) is 0 Å². The van der Waals surface area contributed by atoms with Crippen molar-refractivity contribution >= 4 is 11.4 Å². The van der Waals surface area contributed by atoms with Crippen LogP contribution in [0.2, 0.25) is 0 Å². The van der Waals surface area contributed by atoms with Gasteiger partial charge in [0.25, 0.3) is 0 Å². The van der Waals surface area contributed by atoms with Gasteiger partial charge < -0.3 is 4.74 Å². The largest absolute Gasteiger partial charge is 0.352 e. The Morgan fingerprint density at radius 2 is 1.57 bits per heavy atom. The zero-order valence-corrected chi connectivity index (χ0v) is 16.1. The summed E-state index contributed by atoms with van der Waals surface area (Å²) in [5.41, 5.74) is 3.23. The summed E-state index contributed by atoms with van der Waals surface area (Å²) in [4.78, 5) is 13.8. The summed E-state index contributed by atoms with van der Waals surface area (Å²) in [5, 5.41) is 0. The van der Waals surface area contributed by atoms with E-state index in [0.29, 0.717) is 0 Å². The first kappa shape index (κ1) is 17.2. The number of ketones is 1. The number of carbonyl (C=O) groups excluding carboxylic acids is 1. The number of benzene rings is 2. The third kappa shape index (κ3) is 1.99. The molecule has 0 saturated carbocycles. The molecule has 0 N–H and O–H groups in total. The van der Waals surface area contributed by atoms with Crippen LogP contribution >= 0.6 is 0 Å². The van der Waals surface area contributed by atoms with Gasteiger partial charge >= 0.3 is 0 Å². The van der Waals surface area contributed by atoms with E-state index in [1.54, 1.807) is 0 Å². The molecule has 1 heterocycles. The Kier molecular flexibility index (Phi) is 3.68. The molecule has 3 unspecified atom stereocenters. The van der Waals surface area contributed by atoms with Crippen LogP contribution < -0.4 is 0 Å². The van der Waals surface area contributed by atoms with E-state index in [1.165, 1.54) is 0 Å². The Hall–Kier alpha value is -2.97. The lowest BCUT2D eigenvalue weighted by molar-refractivity contribution is -0.127. The van der Waals surface area contributed by atoms with E-state index in [2.05, 4.69) is 43.3 Å². The smallest absolute Gasteiger partial charge is 0.172 e. The molecule has 2 heteroatoms. The summed E-state index contributed by atoms with van der Waals surface area (Å²) in [6.07, 6.45) is 9.88. The second-order valence-electron chi connectivity index (χ2n) is 7.80. The Labute approximate surface area is 165 Å². The SMILES string of the molecule is CC1=C(c2ccccc2)C2(c3ccccc3)OC3C=CC=CC=C3C2(C)C1=O. The fraction of sp³-hybridized carbons (Fsp3) is 0.192. The molecule has 0 aromatic heterocycles. The number of hydrogen-bond donors (Lipinski definition) is 0. The molecule has 2 aliphatic carbocycles. The minimum Gasteiger partial charge on any atom is -0.352 e. The predicted octanol–water partition coefficient (Wildman–Crippen LogP) is 5.40. The van der Waals surface area contributed by atoms with Crippen LogP contribution in [0.5, 0.6) is 0 Å². The number of ether oxygens (including phenoxy) is 1. The number of hydrogen-bond acceptors (Lipinski definition) is 2. The maximum absolute atomic E-state index is 13.8. The van der Waals surface area contributed by atoms with Crippen LogP contribution in [0.3, 0.4) is 0 Å². The number of Topliss-reactive ketones (excluding diaryl/α,β-unsaturated/α-hetero) is 1. The van der Waals surface area contributed by atoms with E-state index in [9.17, 15) is 4.79 Å². The molecule has 1 saturated heterocycles. The quantitative estimate of drug-likeness (QED) is 0.712. The lowest BCUT2D eigenvalue weighted by atomic mass is 9.65. The Balaban J connectivity index is 1.87.